The Kier molecular flexibility index (Phi) is 5.99. The molecule has 7 heteroatoms. The van der Waals surface area contributed by atoms with Gasteiger partial charge in [0.25, 0.3) is 0 Å². The molecule has 100 valence electrons. The summed E-state index contributed by atoms with van der Waals surface area (Å²) in [5.74, 6) is 1.00. The molecule has 0 aliphatic heterocycles. The topological polar surface area (TPSA) is 90.2 Å². The van der Waals surface area contributed by atoms with Crippen LogP contribution in [0.1, 0.15) is 20.3 Å². The number of ether oxygens (including phenoxy) is 1. The van der Waals surface area contributed by atoms with Crippen molar-refractivity contribution in [3.63, 3.8) is 0 Å². The molecule has 1 rings (SSSR count). The van der Waals surface area contributed by atoms with E-state index < -0.39 is 4.92 Å². The third-order valence-electron chi connectivity index (χ3n) is 2.22. The second kappa shape index (κ2) is 7.54. The molecule has 0 bridgehead atoms. The van der Waals surface area contributed by atoms with Crippen LogP contribution in [0, 0.1) is 16.0 Å². The Balaban J connectivity index is 2.17. The SMILES string of the molecule is CC(C)CCOCCNc1ncc([N+](=O)[O-])cn1. The van der Waals surface area contributed by atoms with Gasteiger partial charge in [-0.2, -0.15) is 0 Å². The Morgan fingerprint density at radius 1 is 1.39 bits per heavy atom. The van der Waals surface area contributed by atoms with Gasteiger partial charge in [0.2, 0.25) is 5.95 Å². The van der Waals surface area contributed by atoms with E-state index in [4.69, 9.17) is 4.74 Å². The number of nitrogens with one attached hydrogen (secondary N) is 1. The van der Waals surface area contributed by atoms with Crippen molar-refractivity contribution < 1.29 is 9.66 Å². The number of rotatable bonds is 8. The average Bonchev–Trinajstić information content (AvgIpc) is 2.34. The van der Waals surface area contributed by atoms with Gasteiger partial charge >= 0.3 is 5.69 Å². The minimum absolute atomic E-state index is 0.117. The predicted octanol–water partition coefficient (Wildman–Crippen LogP) is 1.86. The average molecular weight is 254 g/mol. The Morgan fingerprint density at radius 2 is 2.06 bits per heavy atom. The third-order valence-corrected chi connectivity index (χ3v) is 2.22. The van der Waals surface area contributed by atoms with Gasteiger partial charge in [0.05, 0.1) is 11.5 Å². The maximum Gasteiger partial charge on any atom is 0.305 e. The zero-order valence-corrected chi connectivity index (χ0v) is 10.6. The molecule has 1 N–H and O–H groups in total. The smallest absolute Gasteiger partial charge is 0.305 e. The van der Waals surface area contributed by atoms with Gasteiger partial charge in [-0.1, -0.05) is 13.8 Å². The highest BCUT2D eigenvalue weighted by Gasteiger charge is 2.05. The molecule has 0 radical (unpaired) electrons. The molecule has 1 heterocycles. The van der Waals surface area contributed by atoms with E-state index in [1.807, 2.05) is 0 Å². The van der Waals surface area contributed by atoms with Crippen molar-refractivity contribution in [2.45, 2.75) is 20.3 Å². The molecule has 0 unspecified atom stereocenters. The van der Waals surface area contributed by atoms with Crippen LogP contribution in [0.2, 0.25) is 0 Å². The normalized spacial score (nSPS) is 10.6. The summed E-state index contributed by atoms with van der Waals surface area (Å²) >= 11 is 0. The maximum atomic E-state index is 10.4. The molecular weight excluding hydrogens is 236 g/mol. The molecule has 0 amide bonds. The number of hydrogen-bond acceptors (Lipinski definition) is 6. The van der Waals surface area contributed by atoms with Crippen molar-refractivity contribution in [2.24, 2.45) is 5.92 Å². The second-order valence-electron chi connectivity index (χ2n) is 4.24. The summed E-state index contributed by atoms with van der Waals surface area (Å²) in [7, 11) is 0. The lowest BCUT2D eigenvalue weighted by atomic mass is 10.1. The first-order valence-corrected chi connectivity index (χ1v) is 5.87. The Bertz CT molecular complexity index is 367. The summed E-state index contributed by atoms with van der Waals surface area (Å²) in [5.41, 5.74) is -0.117. The van der Waals surface area contributed by atoms with Crippen LogP contribution in [0.3, 0.4) is 0 Å². The monoisotopic (exact) mass is 254 g/mol. The summed E-state index contributed by atoms with van der Waals surface area (Å²) in [6.07, 6.45) is 3.39. The molecule has 7 nitrogen and oxygen atoms in total. The number of hydrogen-bond donors (Lipinski definition) is 1. The highest BCUT2D eigenvalue weighted by Crippen LogP contribution is 2.07. The molecule has 18 heavy (non-hydrogen) atoms. The lowest BCUT2D eigenvalue weighted by Crippen LogP contribution is -2.12. The molecule has 0 aromatic carbocycles. The van der Waals surface area contributed by atoms with Crippen molar-refractivity contribution in [3.8, 4) is 0 Å². The lowest BCUT2D eigenvalue weighted by Gasteiger charge is -2.07. The standard InChI is InChI=1S/C11H18N4O3/c1-9(2)3-5-18-6-4-12-11-13-7-10(8-14-11)15(16)17/h7-9H,3-6H2,1-2H3,(H,12,13,14). The number of anilines is 1. The lowest BCUT2D eigenvalue weighted by molar-refractivity contribution is -0.385. The summed E-state index contributed by atoms with van der Waals surface area (Å²) in [5, 5.41) is 13.3. The van der Waals surface area contributed by atoms with Crippen molar-refractivity contribution >= 4 is 11.6 Å². The Morgan fingerprint density at radius 3 is 2.61 bits per heavy atom. The van der Waals surface area contributed by atoms with Crippen LogP contribution in [-0.4, -0.2) is 34.6 Å². The van der Waals surface area contributed by atoms with Gasteiger partial charge in [-0.15, -0.1) is 0 Å². The number of aromatic nitrogens is 2. The van der Waals surface area contributed by atoms with Crippen LogP contribution in [0.4, 0.5) is 11.6 Å². The molecule has 1 aromatic heterocycles. The summed E-state index contributed by atoms with van der Waals surface area (Å²) in [6, 6.07) is 0. The number of nitrogens with zero attached hydrogens (tertiary/aromatic N) is 3. The Hall–Kier alpha value is -1.76. The first kappa shape index (κ1) is 14.3. The van der Waals surface area contributed by atoms with E-state index in [9.17, 15) is 10.1 Å². The van der Waals surface area contributed by atoms with Crippen LogP contribution in [-0.2, 0) is 4.74 Å². The van der Waals surface area contributed by atoms with Gasteiger partial charge in [0.15, 0.2) is 0 Å². The van der Waals surface area contributed by atoms with E-state index in [2.05, 4.69) is 29.1 Å². The van der Waals surface area contributed by atoms with E-state index in [1.165, 1.54) is 12.4 Å². The van der Waals surface area contributed by atoms with Crippen LogP contribution in [0.25, 0.3) is 0 Å². The second-order valence-corrected chi connectivity index (χ2v) is 4.24. The Labute approximate surface area is 106 Å². The van der Waals surface area contributed by atoms with Crippen molar-refractivity contribution in [2.75, 3.05) is 25.1 Å². The molecule has 0 aliphatic carbocycles. The van der Waals surface area contributed by atoms with Crippen LogP contribution in [0.5, 0.6) is 0 Å². The first-order chi connectivity index (χ1) is 8.59. The predicted molar refractivity (Wildman–Crippen MR) is 67.5 cm³/mol. The van der Waals surface area contributed by atoms with Gasteiger partial charge in [-0.25, -0.2) is 9.97 Å². The minimum atomic E-state index is -0.529. The van der Waals surface area contributed by atoms with E-state index in [-0.39, 0.29) is 5.69 Å². The van der Waals surface area contributed by atoms with Gasteiger partial charge in [-0.3, -0.25) is 10.1 Å². The van der Waals surface area contributed by atoms with Gasteiger partial charge < -0.3 is 10.1 Å². The van der Waals surface area contributed by atoms with Crippen LogP contribution in [0.15, 0.2) is 12.4 Å². The largest absolute Gasteiger partial charge is 0.380 e. The summed E-state index contributed by atoms with van der Waals surface area (Å²) in [6.45, 7) is 6.17. The molecule has 1 aromatic rings. The van der Waals surface area contributed by atoms with E-state index in [0.717, 1.165) is 13.0 Å². The molecule has 0 fully saturated rings. The highest BCUT2D eigenvalue weighted by molar-refractivity contribution is 5.30. The fourth-order valence-electron chi connectivity index (χ4n) is 1.16. The number of nitro groups is 1. The zero-order valence-electron chi connectivity index (χ0n) is 10.6. The van der Waals surface area contributed by atoms with E-state index in [0.29, 0.717) is 25.0 Å². The molecule has 0 aliphatic rings. The van der Waals surface area contributed by atoms with Gasteiger partial charge in [0, 0.05) is 13.2 Å². The van der Waals surface area contributed by atoms with Gasteiger partial charge in [-0.05, 0) is 12.3 Å². The molecular formula is C11H18N4O3. The van der Waals surface area contributed by atoms with Crippen LogP contribution >= 0.6 is 0 Å². The minimum Gasteiger partial charge on any atom is -0.380 e. The van der Waals surface area contributed by atoms with E-state index >= 15 is 0 Å². The molecule has 0 spiro atoms. The van der Waals surface area contributed by atoms with Gasteiger partial charge in [0.1, 0.15) is 12.4 Å². The fraction of sp³-hybridized carbons (Fsp3) is 0.636. The molecule has 0 atom stereocenters. The van der Waals surface area contributed by atoms with Crippen molar-refractivity contribution in [1.82, 2.24) is 9.97 Å². The molecule has 0 saturated carbocycles. The third kappa shape index (κ3) is 5.53. The quantitative estimate of drug-likeness (QED) is 0.432. The molecule has 0 saturated heterocycles. The van der Waals surface area contributed by atoms with E-state index in [1.54, 1.807) is 0 Å². The highest BCUT2D eigenvalue weighted by atomic mass is 16.6. The first-order valence-electron chi connectivity index (χ1n) is 5.87. The van der Waals surface area contributed by atoms with Crippen LogP contribution < -0.4 is 5.32 Å². The van der Waals surface area contributed by atoms with Crippen molar-refractivity contribution in [3.05, 3.63) is 22.5 Å². The van der Waals surface area contributed by atoms with Crippen molar-refractivity contribution in [1.29, 1.82) is 0 Å². The maximum absolute atomic E-state index is 10.4. The fourth-order valence-corrected chi connectivity index (χ4v) is 1.16. The zero-order chi connectivity index (χ0) is 13.4. The summed E-state index contributed by atoms with van der Waals surface area (Å²) < 4.78 is 5.40. The summed E-state index contributed by atoms with van der Waals surface area (Å²) in [4.78, 5) is 17.5.